The summed E-state index contributed by atoms with van der Waals surface area (Å²) in [6.45, 7) is 2.08. The van der Waals surface area contributed by atoms with Crippen LogP contribution in [0.3, 0.4) is 0 Å². The Balaban J connectivity index is 1.66. The SMILES string of the molecule is C#CC(=O)N1[C@@H](CCCC)Cc2c([nH]c3ccccc23)[C@@H]1c1ccc(S(=O)(=O)NC2CC2)cc1F. The summed E-state index contributed by atoms with van der Waals surface area (Å²) in [7, 11) is -3.82. The van der Waals surface area contributed by atoms with E-state index in [2.05, 4.69) is 22.6 Å². The standard InChI is InChI=1S/C27H28FN3O3S/c1-3-5-8-18-15-22-20-9-6-7-10-24(20)29-26(22)27(31(18)25(32)4-2)21-14-13-19(16-23(21)28)35(33,34)30-17-11-12-17/h2,6-7,9-10,13-14,16-18,27,29-30H,3,5,8,11-12,15H2,1H3/t18-,27-/m0/s1. The van der Waals surface area contributed by atoms with Gasteiger partial charge < -0.3 is 9.88 Å². The highest BCUT2D eigenvalue weighted by molar-refractivity contribution is 7.89. The van der Waals surface area contributed by atoms with Crippen LogP contribution in [0, 0.1) is 18.2 Å². The van der Waals surface area contributed by atoms with Crippen LogP contribution in [0.5, 0.6) is 0 Å². The monoisotopic (exact) mass is 493 g/mol. The number of sulfonamides is 1. The Bertz CT molecular complexity index is 1440. The lowest BCUT2D eigenvalue weighted by Crippen LogP contribution is -2.47. The fourth-order valence-corrected chi connectivity index (χ4v) is 6.40. The molecule has 2 heterocycles. The van der Waals surface area contributed by atoms with Gasteiger partial charge in [0.15, 0.2) is 0 Å². The Morgan fingerprint density at radius 2 is 2.03 bits per heavy atom. The van der Waals surface area contributed by atoms with Gasteiger partial charge in [0, 0.05) is 34.2 Å². The fraction of sp³-hybridized carbons (Fsp3) is 0.370. The van der Waals surface area contributed by atoms with Crippen molar-refractivity contribution >= 4 is 26.8 Å². The van der Waals surface area contributed by atoms with Crippen molar-refractivity contribution in [2.45, 2.75) is 68.5 Å². The van der Waals surface area contributed by atoms with Crippen molar-refractivity contribution in [2.75, 3.05) is 0 Å². The van der Waals surface area contributed by atoms with Crippen LogP contribution in [0.1, 0.15) is 61.9 Å². The first-order valence-electron chi connectivity index (χ1n) is 12.0. The minimum atomic E-state index is -3.82. The minimum absolute atomic E-state index is 0.0851. The maximum Gasteiger partial charge on any atom is 0.299 e. The smallest absolute Gasteiger partial charge is 0.299 e. The largest absolute Gasteiger partial charge is 0.356 e. The molecule has 0 spiro atoms. The molecule has 1 aromatic heterocycles. The minimum Gasteiger partial charge on any atom is -0.356 e. The summed E-state index contributed by atoms with van der Waals surface area (Å²) in [5, 5.41) is 1.04. The molecule has 2 N–H and O–H groups in total. The molecule has 182 valence electrons. The van der Waals surface area contributed by atoms with Gasteiger partial charge in [0.1, 0.15) is 11.9 Å². The lowest BCUT2D eigenvalue weighted by molar-refractivity contribution is -0.130. The third-order valence-electron chi connectivity index (χ3n) is 6.96. The second-order valence-electron chi connectivity index (χ2n) is 9.40. The first kappa shape index (κ1) is 23.6. The van der Waals surface area contributed by atoms with Gasteiger partial charge in [0.25, 0.3) is 5.91 Å². The van der Waals surface area contributed by atoms with Crippen LogP contribution in [0.25, 0.3) is 10.9 Å². The topological polar surface area (TPSA) is 82.3 Å². The van der Waals surface area contributed by atoms with E-state index in [1.807, 2.05) is 24.3 Å². The Morgan fingerprint density at radius 1 is 1.26 bits per heavy atom. The second-order valence-corrected chi connectivity index (χ2v) is 11.1. The van der Waals surface area contributed by atoms with Crippen LogP contribution in [0.2, 0.25) is 0 Å². The number of unbranched alkanes of at least 4 members (excludes halogenated alkanes) is 1. The molecule has 6 nitrogen and oxygen atoms in total. The summed E-state index contributed by atoms with van der Waals surface area (Å²) in [4.78, 5) is 17.9. The molecule has 1 aliphatic heterocycles. The number of halogens is 1. The molecule has 1 saturated carbocycles. The summed E-state index contributed by atoms with van der Waals surface area (Å²) >= 11 is 0. The van der Waals surface area contributed by atoms with E-state index in [1.165, 1.54) is 12.1 Å². The lowest BCUT2D eigenvalue weighted by Gasteiger charge is -2.41. The van der Waals surface area contributed by atoms with Crippen LogP contribution in [-0.4, -0.2) is 36.3 Å². The molecule has 0 radical (unpaired) electrons. The average Bonchev–Trinajstić information content (AvgIpc) is 3.58. The predicted molar refractivity (Wildman–Crippen MR) is 133 cm³/mol. The number of para-hydroxylation sites is 1. The van der Waals surface area contributed by atoms with Crippen LogP contribution < -0.4 is 4.72 Å². The van der Waals surface area contributed by atoms with E-state index in [0.29, 0.717) is 12.1 Å². The van der Waals surface area contributed by atoms with Crippen molar-refractivity contribution in [3.8, 4) is 12.3 Å². The van der Waals surface area contributed by atoms with Gasteiger partial charge in [-0.1, -0.05) is 44.0 Å². The maximum atomic E-state index is 15.7. The van der Waals surface area contributed by atoms with E-state index in [1.54, 1.807) is 4.90 Å². The van der Waals surface area contributed by atoms with Crippen LogP contribution >= 0.6 is 0 Å². The van der Waals surface area contributed by atoms with Crippen LogP contribution in [0.4, 0.5) is 4.39 Å². The molecule has 0 unspecified atom stereocenters. The van der Waals surface area contributed by atoms with Gasteiger partial charge in [-0.25, -0.2) is 17.5 Å². The molecule has 8 heteroatoms. The Labute approximate surface area is 205 Å². The molecule has 0 bridgehead atoms. The number of H-pyrrole nitrogens is 1. The molecule has 2 aliphatic rings. The lowest BCUT2D eigenvalue weighted by atomic mass is 9.86. The zero-order valence-corrected chi connectivity index (χ0v) is 20.4. The van der Waals surface area contributed by atoms with E-state index >= 15 is 4.39 Å². The Morgan fingerprint density at radius 3 is 2.71 bits per heavy atom. The summed E-state index contributed by atoms with van der Waals surface area (Å²) < 4.78 is 43.6. The number of nitrogens with zero attached hydrogens (tertiary/aromatic N) is 1. The summed E-state index contributed by atoms with van der Waals surface area (Å²) in [6.07, 6.45) is 10.3. The number of carbonyl (C=O) groups excluding carboxylic acids is 1. The highest BCUT2D eigenvalue weighted by Crippen LogP contribution is 2.43. The summed E-state index contributed by atoms with van der Waals surface area (Å²) in [5.74, 6) is 1.04. The molecule has 2 aromatic carbocycles. The fourth-order valence-electron chi connectivity index (χ4n) is 5.09. The molecule has 5 rings (SSSR count). The molecule has 2 atom stereocenters. The number of hydrogen-bond acceptors (Lipinski definition) is 3. The zero-order valence-electron chi connectivity index (χ0n) is 19.6. The van der Waals surface area contributed by atoms with Crippen molar-refractivity contribution < 1.29 is 17.6 Å². The molecular formula is C27H28FN3O3S. The van der Waals surface area contributed by atoms with E-state index in [0.717, 1.165) is 54.6 Å². The zero-order chi connectivity index (χ0) is 24.7. The van der Waals surface area contributed by atoms with Crippen LogP contribution in [-0.2, 0) is 21.2 Å². The van der Waals surface area contributed by atoms with Crippen molar-refractivity contribution in [1.29, 1.82) is 0 Å². The first-order valence-corrected chi connectivity index (χ1v) is 13.5. The highest BCUT2D eigenvalue weighted by atomic mass is 32.2. The average molecular weight is 494 g/mol. The molecule has 1 fully saturated rings. The van der Waals surface area contributed by atoms with E-state index in [9.17, 15) is 13.2 Å². The van der Waals surface area contributed by atoms with Crippen molar-refractivity contribution in [2.24, 2.45) is 0 Å². The Hall–Kier alpha value is -3.15. The van der Waals surface area contributed by atoms with Gasteiger partial charge in [-0.15, -0.1) is 6.42 Å². The number of rotatable bonds is 7. The maximum absolute atomic E-state index is 15.7. The van der Waals surface area contributed by atoms with Crippen LogP contribution in [0.15, 0.2) is 47.4 Å². The number of hydrogen-bond donors (Lipinski definition) is 2. The summed E-state index contributed by atoms with van der Waals surface area (Å²) in [5.41, 5.74) is 2.88. The third-order valence-corrected chi connectivity index (χ3v) is 8.47. The molecule has 0 saturated heterocycles. The van der Waals surface area contributed by atoms with Gasteiger partial charge in [0.05, 0.1) is 4.90 Å². The number of amides is 1. The number of fused-ring (bicyclic) bond motifs is 3. The van der Waals surface area contributed by atoms with E-state index in [4.69, 9.17) is 6.42 Å². The molecule has 1 aliphatic carbocycles. The molecule has 3 aromatic rings. The van der Waals surface area contributed by atoms with Crippen molar-refractivity contribution in [1.82, 2.24) is 14.6 Å². The number of aromatic nitrogens is 1. The van der Waals surface area contributed by atoms with Crippen molar-refractivity contribution in [3.05, 3.63) is 65.1 Å². The third kappa shape index (κ3) is 4.35. The number of benzene rings is 2. The first-order chi connectivity index (χ1) is 16.8. The summed E-state index contributed by atoms with van der Waals surface area (Å²) in [6, 6.07) is 10.7. The van der Waals surface area contributed by atoms with Gasteiger partial charge in [0.2, 0.25) is 10.0 Å². The second kappa shape index (κ2) is 9.14. The van der Waals surface area contributed by atoms with Gasteiger partial charge >= 0.3 is 0 Å². The normalized spacial score (nSPS) is 20.0. The quantitative estimate of drug-likeness (QED) is 0.478. The number of aromatic amines is 1. The number of carbonyl (C=O) groups is 1. The molecule has 35 heavy (non-hydrogen) atoms. The van der Waals surface area contributed by atoms with Gasteiger partial charge in [-0.2, -0.15) is 0 Å². The molecular weight excluding hydrogens is 465 g/mol. The van der Waals surface area contributed by atoms with Gasteiger partial charge in [-0.3, -0.25) is 4.79 Å². The predicted octanol–water partition coefficient (Wildman–Crippen LogP) is 4.41. The molecule has 1 amide bonds. The highest BCUT2D eigenvalue weighted by Gasteiger charge is 2.41. The van der Waals surface area contributed by atoms with Crippen molar-refractivity contribution in [3.63, 3.8) is 0 Å². The Kier molecular flexibility index (Phi) is 6.16. The number of nitrogens with one attached hydrogen (secondary N) is 2. The van der Waals surface area contributed by atoms with E-state index < -0.39 is 27.8 Å². The van der Waals surface area contributed by atoms with E-state index in [-0.39, 0.29) is 22.5 Å². The van der Waals surface area contributed by atoms with Gasteiger partial charge in [-0.05, 0) is 55.4 Å². The number of terminal acetylenes is 1.